The van der Waals surface area contributed by atoms with Gasteiger partial charge in [0.15, 0.2) is 0 Å². The Balaban J connectivity index is 2.11. The predicted molar refractivity (Wildman–Crippen MR) is 70.1 cm³/mol. The van der Waals surface area contributed by atoms with Gasteiger partial charge in [-0.2, -0.15) is 0 Å². The number of rotatable bonds is 5. The molecule has 104 valence electrons. The smallest absolute Gasteiger partial charge is 0.309 e. The summed E-state index contributed by atoms with van der Waals surface area (Å²) in [5.41, 5.74) is 0.437. The molecule has 0 amide bonds. The molecule has 1 aromatic carbocycles. The van der Waals surface area contributed by atoms with Gasteiger partial charge >= 0.3 is 5.97 Å². The van der Waals surface area contributed by atoms with Crippen LogP contribution in [-0.4, -0.2) is 27.0 Å². The third-order valence-electron chi connectivity index (χ3n) is 3.19. The van der Waals surface area contributed by atoms with Crippen LogP contribution in [0.3, 0.4) is 0 Å². The molecule has 2 rings (SSSR count). The quantitative estimate of drug-likeness (QED) is 0.825. The van der Waals surface area contributed by atoms with Crippen LogP contribution in [0.4, 0.5) is 0 Å². The van der Waals surface area contributed by atoms with Gasteiger partial charge < -0.3 is 4.74 Å². The molecular formula is C13H17NO4S. The van der Waals surface area contributed by atoms with Crippen molar-refractivity contribution < 1.29 is 17.9 Å². The molecule has 0 saturated heterocycles. The molecule has 0 heterocycles. The van der Waals surface area contributed by atoms with Gasteiger partial charge in [-0.05, 0) is 37.5 Å². The van der Waals surface area contributed by atoms with Gasteiger partial charge in [0.25, 0.3) is 0 Å². The Morgan fingerprint density at radius 1 is 1.32 bits per heavy atom. The summed E-state index contributed by atoms with van der Waals surface area (Å²) in [5.74, 6) is -0.348. The first-order valence-corrected chi connectivity index (χ1v) is 7.53. The van der Waals surface area contributed by atoms with Crippen LogP contribution in [-0.2, 0) is 26.0 Å². The lowest BCUT2D eigenvalue weighted by atomic mass is 10.2. The van der Waals surface area contributed by atoms with Crippen LogP contribution in [0.1, 0.15) is 25.3 Å². The van der Waals surface area contributed by atoms with E-state index in [1.54, 1.807) is 12.1 Å². The average molecular weight is 283 g/mol. The fourth-order valence-electron chi connectivity index (χ4n) is 1.70. The minimum absolute atomic E-state index is 0.141. The molecule has 0 radical (unpaired) electrons. The van der Waals surface area contributed by atoms with Crippen LogP contribution in [0.15, 0.2) is 29.2 Å². The second-order valence-electron chi connectivity index (χ2n) is 5.06. The Morgan fingerprint density at radius 2 is 1.89 bits per heavy atom. The number of nitrogens with one attached hydrogen (secondary N) is 1. The normalized spacial score (nSPS) is 16.9. The number of sulfonamides is 1. The number of carbonyl (C=O) groups is 1. The molecule has 19 heavy (non-hydrogen) atoms. The molecule has 6 heteroatoms. The zero-order valence-corrected chi connectivity index (χ0v) is 11.8. The number of hydrogen-bond donors (Lipinski definition) is 1. The van der Waals surface area contributed by atoms with Crippen LogP contribution in [0.2, 0.25) is 0 Å². The first kappa shape index (κ1) is 14.0. The first-order chi connectivity index (χ1) is 8.85. The van der Waals surface area contributed by atoms with Crippen molar-refractivity contribution >= 4 is 16.0 Å². The second-order valence-corrected chi connectivity index (χ2v) is 6.75. The standard InChI is InChI=1S/C13H17NO4S/c1-13(7-8-13)14-19(16,17)11-5-3-10(4-6-11)9-12(15)18-2/h3-6,14H,7-9H2,1-2H3. The van der Waals surface area contributed by atoms with Gasteiger partial charge in [0.05, 0.1) is 18.4 Å². The molecule has 1 aliphatic carbocycles. The fraction of sp³-hybridized carbons (Fsp3) is 0.462. The molecule has 0 aliphatic heterocycles. The van der Waals surface area contributed by atoms with Gasteiger partial charge in [-0.3, -0.25) is 4.79 Å². The lowest BCUT2D eigenvalue weighted by Gasteiger charge is -2.12. The first-order valence-electron chi connectivity index (χ1n) is 6.04. The van der Waals surface area contributed by atoms with E-state index >= 15 is 0 Å². The summed E-state index contributed by atoms with van der Waals surface area (Å²) in [6, 6.07) is 6.26. The number of hydrogen-bond acceptors (Lipinski definition) is 4. The highest BCUT2D eigenvalue weighted by Crippen LogP contribution is 2.35. The molecule has 0 bridgehead atoms. The SMILES string of the molecule is COC(=O)Cc1ccc(S(=O)(=O)NC2(C)CC2)cc1. The van der Waals surface area contributed by atoms with Crippen LogP contribution in [0.25, 0.3) is 0 Å². The van der Waals surface area contributed by atoms with Crippen molar-refractivity contribution in [2.75, 3.05) is 7.11 Å². The Labute approximate surface area is 113 Å². The Bertz CT molecular complexity index is 573. The van der Waals surface area contributed by atoms with E-state index in [1.165, 1.54) is 19.2 Å². The van der Waals surface area contributed by atoms with E-state index < -0.39 is 10.0 Å². The summed E-state index contributed by atoms with van der Waals surface area (Å²) in [5, 5.41) is 0. The van der Waals surface area contributed by atoms with Gasteiger partial charge in [-0.15, -0.1) is 0 Å². The van der Waals surface area contributed by atoms with Crippen molar-refractivity contribution in [1.29, 1.82) is 0 Å². The molecule has 1 fully saturated rings. The molecule has 0 unspecified atom stereocenters. The zero-order valence-electron chi connectivity index (χ0n) is 11.0. The molecule has 1 aliphatic rings. The van der Waals surface area contributed by atoms with Crippen molar-refractivity contribution in [3.63, 3.8) is 0 Å². The van der Waals surface area contributed by atoms with Gasteiger partial charge in [-0.1, -0.05) is 12.1 Å². The monoisotopic (exact) mass is 283 g/mol. The zero-order chi connectivity index (χ0) is 14.1. The average Bonchev–Trinajstić information content (AvgIpc) is 3.06. The van der Waals surface area contributed by atoms with E-state index in [2.05, 4.69) is 9.46 Å². The van der Waals surface area contributed by atoms with Crippen LogP contribution in [0, 0.1) is 0 Å². The van der Waals surface area contributed by atoms with Crippen LogP contribution in [0.5, 0.6) is 0 Å². The number of ether oxygens (including phenoxy) is 1. The molecule has 5 nitrogen and oxygen atoms in total. The fourth-order valence-corrected chi connectivity index (χ4v) is 3.16. The highest BCUT2D eigenvalue weighted by atomic mass is 32.2. The van der Waals surface area contributed by atoms with Crippen molar-refractivity contribution in [2.45, 2.75) is 36.6 Å². The van der Waals surface area contributed by atoms with E-state index in [4.69, 9.17) is 0 Å². The van der Waals surface area contributed by atoms with Gasteiger partial charge in [0, 0.05) is 5.54 Å². The van der Waals surface area contributed by atoms with Crippen molar-refractivity contribution in [2.24, 2.45) is 0 Å². The van der Waals surface area contributed by atoms with E-state index in [9.17, 15) is 13.2 Å². The summed E-state index contributed by atoms with van der Waals surface area (Å²) in [6.45, 7) is 1.89. The Hall–Kier alpha value is -1.40. The number of benzene rings is 1. The maximum atomic E-state index is 12.1. The van der Waals surface area contributed by atoms with Gasteiger partial charge in [-0.25, -0.2) is 13.1 Å². The van der Waals surface area contributed by atoms with Gasteiger partial charge in [0.2, 0.25) is 10.0 Å². The third-order valence-corrected chi connectivity index (χ3v) is 4.84. The predicted octanol–water partition coefficient (Wildman–Crippen LogP) is 1.23. The Kier molecular flexibility index (Phi) is 3.64. The molecule has 1 N–H and O–H groups in total. The third kappa shape index (κ3) is 3.54. The largest absolute Gasteiger partial charge is 0.469 e. The summed E-state index contributed by atoms with van der Waals surface area (Å²) in [6.07, 6.45) is 1.88. The van der Waals surface area contributed by atoms with Crippen molar-refractivity contribution in [1.82, 2.24) is 4.72 Å². The van der Waals surface area contributed by atoms with E-state index in [0.717, 1.165) is 18.4 Å². The second kappa shape index (κ2) is 4.94. The minimum atomic E-state index is -3.47. The van der Waals surface area contributed by atoms with Crippen LogP contribution < -0.4 is 4.72 Å². The molecule has 0 spiro atoms. The molecule has 0 aromatic heterocycles. The van der Waals surface area contributed by atoms with Crippen molar-refractivity contribution in [3.8, 4) is 0 Å². The lowest BCUT2D eigenvalue weighted by molar-refractivity contribution is -0.139. The summed E-state index contributed by atoms with van der Waals surface area (Å²) >= 11 is 0. The molecule has 1 saturated carbocycles. The van der Waals surface area contributed by atoms with Crippen LogP contribution >= 0.6 is 0 Å². The Morgan fingerprint density at radius 3 is 2.37 bits per heavy atom. The highest BCUT2D eigenvalue weighted by Gasteiger charge is 2.41. The maximum absolute atomic E-state index is 12.1. The summed E-state index contributed by atoms with van der Waals surface area (Å²) in [4.78, 5) is 11.3. The van der Waals surface area contributed by atoms with Gasteiger partial charge in [0.1, 0.15) is 0 Å². The summed E-state index contributed by atoms with van der Waals surface area (Å²) in [7, 11) is -2.15. The summed E-state index contributed by atoms with van der Waals surface area (Å²) < 4.78 is 31.4. The molecule has 1 aromatic rings. The molecular weight excluding hydrogens is 266 g/mol. The van der Waals surface area contributed by atoms with E-state index in [-0.39, 0.29) is 22.8 Å². The minimum Gasteiger partial charge on any atom is -0.469 e. The topological polar surface area (TPSA) is 72.5 Å². The maximum Gasteiger partial charge on any atom is 0.309 e. The number of methoxy groups -OCH3 is 1. The number of carbonyl (C=O) groups excluding carboxylic acids is 1. The number of esters is 1. The lowest BCUT2D eigenvalue weighted by Crippen LogP contribution is -2.34. The molecule has 0 atom stereocenters. The van der Waals surface area contributed by atoms with E-state index in [0.29, 0.717) is 0 Å². The van der Waals surface area contributed by atoms with Crippen molar-refractivity contribution in [3.05, 3.63) is 29.8 Å². The van der Waals surface area contributed by atoms with E-state index in [1.807, 2.05) is 6.92 Å². The highest BCUT2D eigenvalue weighted by molar-refractivity contribution is 7.89.